The average molecular weight is 260 g/mol. The first-order valence-corrected chi connectivity index (χ1v) is 5.98. The van der Waals surface area contributed by atoms with Crippen LogP contribution in [0.25, 0.3) is 5.57 Å². The van der Waals surface area contributed by atoms with E-state index in [4.69, 9.17) is 5.11 Å². The molecular formula is C14H16N2O3. The van der Waals surface area contributed by atoms with Crippen molar-refractivity contribution in [3.05, 3.63) is 41.6 Å². The number of aliphatic imine (C=N–C) groups is 1. The van der Waals surface area contributed by atoms with Gasteiger partial charge in [-0.05, 0) is 19.4 Å². The van der Waals surface area contributed by atoms with E-state index in [0.29, 0.717) is 17.1 Å². The normalized spacial score (nSPS) is 19.4. The molecule has 2 N–H and O–H groups in total. The van der Waals surface area contributed by atoms with Gasteiger partial charge < -0.3 is 15.1 Å². The summed E-state index contributed by atoms with van der Waals surface area (Å²) < 4.78 is 0. The van der Waals surface area contributed by atoms with Crippen LogP contribution in [-0.2, 0) is 4.79 Å². The Morgan fingerprint density at radius 1 is 1.32 bits per heavy atom. The van der Waals surface area contributed by atoms with Crippen LogP contribution in [0, 0.1) is 0 Å². The lowest BCUT2D eigenvalue weighted by Gasteiger charge is -2.31. The summed E-state index contributed by atoms with van der Waals surface area (Å²) in [6.07, 6.45) is -0.951. The molecule has 1 aromatic rings. The Hall–Kier alpha value is -2.14. The highest BCUT2D eigenvalue weighted by atomic mass is 16.4. The lowest BCUT2D eigenvalue weighted by atomic mass is 10.0. The predicted molar refractivity (Wildman–Crippen MR) is 72.5 cm³/mol. The van der Waals surface area contributed by atoms with Gasteiger partial charge in [-0.1, -0.05) is 30.3 Å². The SMILES string of the molecule is CC1=NC(O)C(c2ccccc2)=C(C)N1CC(=O)O. The largest absolute Gasteiger partial charge is 0.480 e. The van der Waals surface area contributed by atoms with Gasteiger partial charge in [0.25, 0.3) is 0 Å². The monoisotopic (exact) mass is 260 g/mol. The molecule has 100 valence electrons. The van der Waals surface area contributed by atoms with E-state index >= 15 is 0 Å². The summed E-state index contributed by atoms with van der Waals surface area (Å²) in [4.78, 5) is 16.6. The van der Waals surface area contributed by atoms with Gasteiger partial charge in [0.05, 0.1) is 0 Å². The van der Waals surface area contributed by atoms with Crippen LogP contribution in [0.3, 0.4) is 0 Å². The van der Waals surface area contributed by atoms with Gasteiger partial charge in [-0.2, -0.15) is 0 Å². The molecule has 0 bridgehead atoms. The van der Waals surface area contributed by atoms with E-state index in [0.717, 1.165) is 5.56 Å². The summed E-state index contributed by atoms with van der Waals surface area (Å²) >= 11 is 0. The summed E-state index contributed by atoms with van der Waals surface area (Å²) in [6, 6.07) is 9.37. The zero-order valence-electron chi connectivity index (χ0n) is 10.9. The first-order chi connectivity index (χ1) is 9.00. The highest BCUT2D eigenvalue weighted by Gasteiger charge is 2.26. The van der Waals surface area contributed by atoms with Gasteiger partial charge in [-0.25, -0.2) is 4.99 Å². The molecule has 1 heterocycles. The third-order valence-electron chi connectivity index (χ3n) is 3.13. The Morgan fingerprint density at radius 3 is 2.53 bits per heavy atom. The Morgan fingerprint density at radius 2 is 1.95 bits per heavy atom. The Kier molecular flexibility index (Phi) is 3.66. The molecule has 0 radical (unpaired) electrons. The number of aliphatic hydroxyl groups is 1. The van der Waals surface area contributed by atoms with Crippen molar-refractivity contribution in [2.75, 3.05) is 6.54 Å². The summed E-state index contributed by atoms with van der Waals surface area (Å²) in [5.74, 6) is -0.426. The van der Waals surface area contributed by atoms with Crippen molar-refractivity contribution < 1.29 is 15.0 Å². The lowest BCUT2D eigenvalue weighted by Crippen LogP contribution is -2.37. The van der Waals surface area contributed by atoms with Gasteiger partial charge in [0.15, 0.2) is 6.23 Å². The van der Waals surface area contributed by atoms with Crippen LogP contribution in [0.5, 0.6) is 0 Å². The quantitative estimate of drug-likeness (QED) is 0.865. The second-order valence-corrected chi connectivity index (χ2v) is 4.39. The Balaban J connectivity index is 2.45. The first-order valence-electron chi connectivity index (χ1n) is 5.98. The second kappa shape index (κ2) is 5.24. The third kappa shape index (κ3) is 2.66. The molecule has 1 aliphatic rings. The minimum absolute atomic E-state index is 0.162. The van der Waals surface area contributed by atoms with E-state index < -0.39 is 12.2 Å². The van der Waals surface area contributed by atoms with Crippen molar-refractivity contribution in [3.8, 4) is 0 Å². The predicted octanol–water partition coefficient (Wildman–Crippen LogP) is 1.55. The number of carbonyl (C=O) groups is 1. The van der Waals surface area contributed by atoms with Gasteiger partial charge in [0.2, 0.25) is 0 Å². The molecule has 1 aliphatic heterocycles. The zero-order chi connectivity index (χ0) is 14.0. The molecule has 0 aromatic heterocycles. The molecule has 0 saturated heterocycles. The van der Waals surface area contributed by atoms with Gasteiger partial charge in [0.1, 0.15) is 12.4 Å². The molecule has 0 aliphatic carbocycles. The summed E-state index contributed by atoms with van der Waals surface area (Å²) in [5, 5.41) is 19.0. The number of rotatable bonds is 3. The highest BCUT2D eigenvalue weighted by molar-refractivity contribution is 5.91. The van der Waals surface area contributed by atoms with Crippen molar-refractivity contribution in [2.45, 2.75) is 20.1 Å². The van der Waals surface area contributed by atoms with Crippen LogP contribution in [0.1, 0.15) is 19.4 Å². The highest BCUT2D eigenvalue weighted by Crippen LogP contribution is 2.29. The number of benzene rings is 1. The number of hydrogen-bond acceptors (Lipinski definition) is 4. The van der Waals surface area contributed by atoms with E-state index in [1.165, 1.54) is 0 Å². The molecule has 5 heteroatoms. The molecule has 0 fully saturated rings. The maximum Gasteiger partial charge on any atom is 0.323 e. The number of amidine groups is 1. The van der Waals surface area contributed by atoms with Gasteiger partial charge in [-0.15, -0.1) is 0 Å². The van der Waals surface area contributed by atoms with E-state index in [1.54, 1.807) is 18.7 Å². The standard InChI is InChI=1S/C14H16N2O3/c1-9-13(11-6-4-3-5-7-11)14(19)15-10(2)16(9)8-12(17)18/h3-7,14,19H,8H2,1-2H3,(H,17,18). The van der Waals surface area contributed by atoms with E-state index in [1.807, 2.05) is 30.3 Å². The molecular weight excluding hydrogens is 244 g/mol. The minimum Gasteiger partial charge on any atom is -0.480 e. The number of allylic oxidation sites excluding steroid dienone is 1. The molecule has 0 spiro atoms. The molecule has 1 unspecified atom stereocenters. The maximum absolute atomic E-state index is 10.9. The lowest BCUT2D eigenvalue weighted by molar-refractivity contribution is -0.137. The molecule has 2 rings (SSSR count). The third-order valence-corrected chi connectivity index (χ3v) is 3.13. The first kappa shape index (κ1) is 13.3. The number of nitrogens with zero attached hydrogens (tertiary/aromatic N) is 2. The maximum atomic E-state index is 10.9. The second-order valence-electron chi connectivity index (χ2n) is 4.39. The average Bonchev–Trinajstić information content (AvgIpc) is 2.35. The van der Waals surface area contributed by atoms with Crippen molar-refractivity contribution in [1.29, 1.82) is 0 Å². The summed E-state index contributed by atoms with van der Waals surface area (Å²) in [5.41, 5.74) is 2.21. The van der Waals surface area contributed by atoms with Crippen LogP contribution in [0.2, 0.25) is 0 Å². The smallest absolute Gasteiger partial charge is 0.323 e. The zero-order valence-corrected chi connectivity index (χ0v) is 10.9. The fourth-order valence-electron chi connectivity index (χ4n) is 2.23. The van der Waals surface area contributed by atoms with Crippen LogP contribution in [-0.4, -0.2) is 39.7 Å². The minimum atomic E-state index is -0.951. The summed E-state index contributed by atoms with van der Waals surface area (Å²) in [6.45, 7) is 3.33. The van der Waals surface area contributed by atoms with Crippen molar-refractivity contribution in [1.82, 2.24) is 4.90 Å². The van der Waals surface area contributed by atoms with Crippen LogP contribution in [0.4, 0.5) is 0 Å². The Bertz CT molecular complexity index is 549. The number of aliphatic hydroxyl groups excluding tert-OH is 1. The van der Waals surface area contributed by atoms with Crippen molar-refractivity contribution >= 4 is 17.4 Å². The number of carboxylic acid groups (broad SMARTS) is 1. The van der Waals surface area contributed by atoms with Crippen LogP contribution < -0.4 is 0 Å². The van der Waals surface area contributed by atoms with E-state index in [9.17, 15) is 9.90 Å². The molecule has 1 aromatic carbocycles. The number of carboxylic acids is 1. The molecule has 0 amide bonds. The van der Waals surface area contributed by atoms with E-state index in [-0.39, 0.29) is 6.54 Å². The van der Waals surface area contributed by atoms with Gasteiger partial charge in [-0.3, -0.25) is 4.79 Å². The van der Waals surface area contributed by atoms with Crippen molar-refractivity contribution in [3.63, 3.8) is 0 Å². The fraction of sp³-hybridized carbons (Fsp3) is 0.286. The van der Waals surface area contributed by atoms with Gasteiger partial charge >= 0.3 is 5.97 Å². The van der Waals surface area contributed by atoms with Crippen LogP contribution in [0.15, 0.2) is 41.0 Å². The van der Waals surface area contributed by atoms with Crippen molar-refractivity contribution in [2.24, 2.45) is 4.99 Å². The summed E-state index contributed by atoms with van der Waals surface area (Å²) in [7, 11) is 0. The topological polar surface area (TPSA) is 73.1 Å². The van der Waals surface area contributed by atoms with Crippen LogP contribution >= 0.6 is 0 Å². The fourth-order valence-corrected chi connectivity index (χ4v) is 2.23. The number of hydrogen-bond donors (Lipinski definition) is 2. The number of aliphatic carboxylic acids is 1. The molecule has 19 heavy (non-hydrogen) atoms. The molecule has 0 saturated carbocycles. The van der Waals surface area contributed by atoms with Gasteiger partial charge in [0, 0.05) is 11.3 Å². The molecule has 5 nitrogen and oxygen atoms in total. The Labute approximate surface area is 111 Å². The van der Waals surface area contributed by atoms with E-state index in [2.05, 4.69) is 4.99 Å². The molecule has 1 atom stereocenters.